The lowest BCUT2D eigenvalue weighted by molar-refractivity contribution is -0.112. The first-order valence-electron chi connectivity index (χ1n) is 7.36. The minimum absolute atomic E-state index is 0.0936. The number of halogens is 1. The highest BCUT2D eigenvalue weighted by Crippen LogP contribution is 2.36. The van der Waals surface area contributed by atoms with Crippen LogP contribution in [-0.4, -0.2) is 10.9 Å². The standard InChI is InChI=1S/C19H13ClO3S2/c1-11(21)19(18(23)12-5-3-2-4-6-12)25-17-10-15(22)14-8-7-13(20)9-16(14)24-17/h2-10,23H,1H3/b19-18-. The SMILES string of the molecule is CC(=O)/C(Sc1cc(=O)c2ccc(Cl)cc2s1)=C(/O)c1ccccc1. The van der Waals surface area contributed by atoms with Gasteiger partial charge in [-0.05, 0) is 25.1 Å². The van der Waals surface area contributed by atoms with E-state index in [2.05, 4.69) is 0 Å². The summed E-state index contributed by atoms with van der Waals surface area (Å²) in [6, 6.07) is 15.4. The van der Waals surface area contributed by atoms with Crippen LogP contribution in [0.3, 0.4) is 0 Å². The van der Waals surface area contributed by atoms with Gasteiger partial charge in [-0.3, -0.25) is 9.59 Å². The van der Waals surface area contributed by atoms with Crippen molar-refractivity contribution in [2.24, 2.45) is 0 Å². The maximum atomic E-state index is 12.3. The molecule has 0 bridgehead atoms. The molecule has 1 aromatic heterocycles. The van der Waals surface area contributed by atoms with E-state index in [0.29, 0.717) is 20.2 Å². The van der Waals surface area contributed by atoms with Crippen LogP contribution < -0.4 is 5.43 Å². The molecule has 0 aliphatic rings. The number of carbonyl (C=O) groups is 1. The Hall–Kier alpha value is -2.08. The Labute approximate surface area is 157 Å². The van der Waals surface area contributed by atoms with E-state index in [1.807, 2.05) is 6.07 Å². The van der Waals surface area contributed by atoms with Crippen molar-refractivity contribution in [3.8, 4) is 0 Å². The van der Waals surface area contributed by atoms with Crippen LogP contribution in [0.4, 0.5) is 0 Å². The van der Waals surface area contributed by atoms with Crippen LogP contribution in [0, 0.1) is 0 Å². The maximum absolute atomic E-state index is 12.3. The first kappa shape index (κ1) is 17.7. The van der Waals surface area contributed by atoms with Crippen molar-refractivity contribution in [2.75, 3.05) is 0 Å². The highest BCUT2D eigenvalue weighted by atomic mass is 35.5. The molecule has 6 heteroatoms. The molecule has 126 valence electrons. The van der Waals surface area contributed by atoms with Gasteiger partial charge in [-0.25, -0.2) is 0 Å². The minimum Gasteiger partial charge on any atom is -0.506 e. The molecule has 3 aromatic rings. The number of fused-ring (bicyclic) bond motifs is 1. The van der Waals surface area contributed by atoms with Gasteiger partial charge in [-0.2, -0.15) is 0 Å². The second-order valence-corrected chi connectivity index (χ2v) is 8.10. The molecule has 1 heterocycles. The average Bonchev–Trinajstić information content (AvgIpc) is 2.59. The number of allylic oxidation sites excluding steroid dienone is 1. The molecule has 0 radical (unpaired) electrons. The molecule has 25 heavy (non-hydrogen) atoms. The second kappa shape index (κ2) is 7.44. The number of aliphatic hydroxyl groups excluding tert-OH is 1. The molecular formula is C19H13ClO3S2. The Bertz CT molecular complexity index is 1040. The predicted octanol–water partition coefficient (Wildman–Crippen LogP) is 5.52. The van der Waals surface area contributed by atoms with Crippen molar-refractivity contribution in [3.63, 3.8) is 0 Å². The molecule has 3 nitrogen and oxygen atoms in total. The van der Waals surface area contributed by atoms with Gasteiger partial charge in [-0.15, -0.1) is 11.3 Å². The van der Waals surface area contributed by atoms with Crippen molar-refractivity contribution >= 4 is 56.3 Å². The number of Topliss-reactive ketones (excluding diaryl/α,β-unsaturated/α-hetero) is 1. The third-order valence-electron chi connectivity index (χ3n) is 3.45. The summed E-state index contributed by atoms with van der Waals surface area (Å²) in [5, 5.41) is 11.6. The van der Waals surface area contributed by atoms with E-state index in [0.717, 1.165) is 16.5 Å². The summed E-state index contributed by atoms with van der Waals surface area (Å²) in [7, 11) is 0. The zero-order chi connectivity index (χ0) is 18.0. The summed E-state index contributed by atoms with van der Waals surface area (Å²) in [6.45, 7) is 1.39. The number of ketones is 1. The quantitative estimate of drug-likeness (QED) is 0.363. The second-order valence-electron chi connectivity index (χ2n) is 5.27. The van der Waals surface area contributed by atoms with E-state index in [4.69, 9.17) is 11.6 Å². The highest BCUT2D eigenvalue weighted by molar-refractivity contribution is 8.05. The van der Waals surface area contributed by atoms with E-state index in [9.17, 15) is 14.7 Å². The number of hydrogen-bond acceptors (Lipinski definition) is 5. The molecule has 0 saturated carbocycles. The summed E-state index contributed by atoms with van der Waals surface area (Å²) >= 11 is 8.45. The summed E-state index contributed by atoms with van der Waals surface area (Å²) in [6.07, 6.45) is 0. The Morgan fingerprint density at radius 1 is 1.12 bits per heavy atom. The zero-order valence-electron chi connectivity index (χ0n) is 13.2. The van der Waals surface area contributed by atoms with E-state index >= 15 is 0 Å². The van der Waals surface area contributed by atoms with Gasteiger partial charge in [0.25, 0.3) is 0 Å². The van der Waals surface area contributed by atoms with Crippen molar-refractivity contribution in [1.82, 2.24) is 0 Å². The Balaban J connectivity index is 2.08. The monoisotopic (exact) mass is 388 g/mol. The number of rotatable bonds is 4. The van der Waals surface area contributed by atoms with Gasteiger partial charge in [0.15, 0.2) is 11.2 Å². The molecule has 1 N–H and O–H groups in total. The Morgan fingerprint density at radius 2 is 1.84 bits per heavy atom. The van der Waals surface area contributed by atoms with E-state index < -0.39 is 0 Å². The van der Waals surface area contributed by atoms with Crippen LogP contribution in [0.2, 0.25) is 5.02 Å². The van der Waals surface area contributed by atoms with Crippen LogP contribution in [-0.2, 0) is 4.79 Å². The van der Waals surface area contributed by atoms with Gasteiger partial charge in [0, 0.05) is 26.7 Å². The Kier molecular flexibility index (Phi) is 5.27. The van der Waals surface area contributed by atoms with Crippen molar-refractivity contribution in [2.45, 2.75) is 11.1 Å². The number of hydrogen-bond donors (Lipinski definition) is 1. The normalized spacial score (nSPS) is 12.1. The highest BCUT2D eigenvalue weighted by Gasteiger charge is 2.16. The van der Waals surface area contributed by atoms with Gasteiger partial charge < -0.3 is 5.11 Å². The van der Waals surface area contributed by atoms with Crippen LogP contribution in [0.25, 0.3) is 15.8 Å². The van der Waals surface area contributed by atoms with Crippen LogP contribution in [0.5, 0.6) is 0 Å². The smallest absolute Gasteiger partial charge is 0.189 e. The van der Waals surface area contributed by atoms with Gasteiger partial charge in [0.1, 0.15) is 5.76 Å². The lowest BCUT2D eigenvalue weighted by Gasteiger charge is -2.08. The van der Waals surface area contributed by atoms with Gasteiger partial charge in [0.2, 0.25) is 0 Å². The summed E-state index contributed by atoms with van der Waals surface area (Å²) in [5.74, 6) is -0.360. The van der Waals surface area contributed by atoms with E-state index in [-0.39, 0.29) is 21.9 Å². The number of aliphatic hydroxyl groups is 1. The third-order valence-corrected chi connectivity index (χ3v) is 6.07. The lowest BCUT2D eigenvalue weighted by Crippen LogP contribution is -2.01. The summed E-state index contributed by atoms with van der Waals surface area (Å²) in [4.78, 5) is 24.5. The van der Waals surface area contributed by atoms with Gasteiger partial charge >= 0.3 is 0 Å². The van der Waals surface area contributed by atoms with Crippen LogP contribution >= 0.6 is 34.7 Å². The fourth-order valence-electron chi connectivity index (χ4n) is 2.27. The number of thioether (sulfide) groups is 1. The molecule has 0 unspecified atom stereocenters. The predicted molar refractivity (Wildman–Crippen MR) is 106 cm³/mol. The first-order valence-corrected chi connectivity index (χ1v) is 9.37. The van der Waals surface area contributed by atoms with Crippen molar-refractivity contribution < 1.29 is 9.90 Å². The molecule has 0 fully saturated rings. The number of benzene rings is 2. The van der Waals surface area contributed by atoms with E-state index in [1.54, 1.807) is 42.5 Å². The molecule has 0 aliphatic heterocycles. The van der Waals surface area contributed by atoms with Crippen molar-refractivity contribution in [1.29, 1.82) is 0 Å². The van der Waals surface area contributed by atoms with Crippen LogP contribution in [0.1, 0.15) is 12.5 Å². The maximum Gasteiger partial charge on any atom is 0.189 e. The Morgan fingerprint density at radius 3 is 2.52 bits per heavy atom. The number of carbonyl (C=O) groups excluding carboxylic acids is 1. The molecule has 0 aliphatic carbocycles. The summed E-state index contributed by atoms with van der Waals surface area (Å²) < 4.78 is 1.36. The molecule has 2 aromatic carbocycles. The topological polar surface area (TPSA) is 54.4 Å². The molecule has 0 spiro atoms. The van der Waals surface area contributed by atoms with Crippen molar-refractivity contribution in [3.05, 3.63) is 80.3 Å². The molecule has 3 rings (SSSR count). The third kappa shape index (κ3) is 3.95. The molecule has 0 saturated heterocycles. The fraction of sp³-hybridized carbons (Fsp3) is 0.0526. The minimum atomic E-state index is -0.266. The van der Waals surface area contributed by atoms with Gasteiger partial charge in [0.05, 0.1) is 9.11 Å². The molecule has 0 atom stereocenters. The largest absolute Gasteiger partial charge is 0.506 e. The average molecular weight is 389 g/mol. The first-order chi connectivity index (χ1) is 12.0. The van der Waals surface area contributed by atoms with Gasteiger partial charge in [-0.1, -0.05) is 53.7 Å². The summed E-state index contributed by atoms with van der Waals surface area (Å²) in [5.41, 5.74) is 0.409. The molecule has 0 amide bonds. The lowest BCUT2D eigenvalue weighted by atomic mass is 10.1. The fourth-order valence-corrected chi connectivity index (χ4v) is 4.77. The van der Waals surface area contributed by atoms with Crippen LogP contribution in [0.15, 0.2) is 68.5 Å². The zero-order valence-corrected chi connectivity index (χ0v) is 15.5. The molecular weight excluding hydrogens is 376 g/mol. The van der Waals surface area contributed by atoms with E-state index in [1.165, 1.54) is 24.3 Å².